The molecule has 0 aliphatic rings. The molecule has 0 heterocycles. The summed E-state index contributed by atoms with van der Waals surface area (Å²) in [4.78, 5) is 2.28. The predicted octanol–water partition coefficient (Wildman–Crippen LogP) is 4.17. The van der Waals surface area contributed by atoms with Crippen molar-refractivity contribution in [3.8, 4) is 0 Å². The third-order valence-electron chi connectivity index (χ3n) is 3.66. The molecule has 0 rings (SSSR count). The number of unbranched alkanes of at least 4 members (excludes halogenated alkanes) is 9. The van der Waals surface area contributed by atoms with E-state index in [0.717, 1.165) is 13.1 Å². The zero-order chi connectivity index (χ0) is 14.3. The fourth-order valence-corrected chi connectivity index (χ4v) is 2.29. The monoisotopic (exact) mass is 269 g/mol. The van der Waals surface area contributed by atoms with Crippen LogP contribution < -0.4 is 5.73 Å². The first-order chi connectivity index (χ1) is 9.16. The Labute approximate surface area is 120 Å². The van der Waals surface area contributed by atoms with Crippen LogP contribution in [0.25, 0.3) is 0 Å². The summed E-state index contributed by atoms with van der Waals surface area (Å²) in [5, 5.41) is 7.19. The number of nitrogens with one attached hydrogen (secondary N) is 1. The van der Waals surface area contributed by atoms with E-state index in [2.05, 4.69) is 18.9 Å². The van der Waals surface area contributed by atoms with Crippen molar-refractivity contribution in [3.05, 3.63) is 0 Å². The van der Waals surface area contributed by atoms with Gasteiger partial charge in [0.2, 0.25) is 0 Å². The lowest BCUT2D eigenvalue weighted by molar-refractivity contribution is 0.332. The van der Waals surface area contributed by atoms with E-state index >= 15 is 0 Å². The fourth-order valence-electron chi connectivity index (χ4n) is 2.29. The lowest BCUT2D eigenvalue weighted by Gasteiger charge is -2.15. The third kappa shape index (κ3) is 15.4. The lowest BCUT2D eigenvalue weighted by Crippen LogP contribution is -2.25. The second-order valence-electron chi connectivity index (χ2n) is 5.76. The topological polar surface area (TPSA) is 53.1 Å². The van der Waals surface area contributed by atoms with Crippen LogP contribution in [0.2, 0.25) is 0 Å². The van der Waals surface area contributed by atoms with Crippen LogP contribution in [0.3, 0.4) is 0 Å². The summed E-state index contributed by atoms with van der Waals surface area (Å²) in [5.74, 6) is 0.301. The van der Waals surface area contributed by atoms with Gasteiger partial charge in [0, 0.05) is 13.0 Å². The molecule has 0 aromatic heterocycles. The summed E-state index contributed by atoms with van der Waals surface area (Å²) in [7, 11) is 2.12. The minimum atomic E-state index is 0.301. The highest BCUT2D eigenvalue weighted by Crippen LogP contribution is 2.10. The lowest BCUT2D eigenvalue weighted by atomic mass is 10.1. The molecule has 0 unspecified atom stereocenters. The Morgan fingerprint density at radius 3 is 1.79 bits per heavy atom. The molecule has 0 atom stereocenters. The number of amidine groups is 1. The van der Waals surface area contributed by atoms with Gasteiger partial charge in [0.15, 0.2) is 0 Å². The van der Waals surface area contributed by atoms with Crippen LogP contribution in [0, 0.1) is 5.41 Å². The molecule has 0 saturated heterocycles. The van der Waals surface area contributed by atoms with Gasteiger partial charge < -0.3 is 10.6 Å². The van der Waals surface area contributed by atoms with Gasteiger partial charge in [0.1, 0.15) is 0 Å². The average molecular weight is 269 g/mol. The molecule has 114 valence electrons. The van der Waals surface area contributed by atoms with E-state index in [1.807, 2.05) is 0 Å². The molecule has 3 heteroatoms. The zero-order valence-corrected chi connectivity index (χ0v) is 13.2. The van der Waals surface area contributed by atoms with Gasteiger partial charge in [-0.05, 0) is 20.0 Å². The molecular weight excluding hydrogens is 234 g/mol. The normalized spacial score (nSPS) is 11.1. The first-order valence-corrected chi connectivity index (χ1v) is 8.18. The van der Waals surface area contributed by atoms with E-state index in [0.29, 0.717) is 12.3 Å². The first kappa shape index (κ1) is 18.4. The molecule has 0 aromatic rings. The maximum Gasteiger partial charge on any atom is 0.0918 e. The molecule has 0 aliphatic carbocycles. The van der Waals surface area contributed by atoms with Gasteiger partial charge in [-0.25, -0.2) is 0 Å². The van der Waals surface area contributed by atoms with Gasteiger partial charge >= 0.3 is 0 Å². The largest absolute Gasteiger partial charge is 0.388 e. The molecule has 0 aromatic carbocycles. The van der Waals surface area contributed by atoms with Crippen molar-refractivity contribution >= 4 is 5.84 Å². The first-order valence-electron chi connectivity index (χ1n) is 8.18. The van der Waals surface area contributed by atoms with Gasteiger partial charge in [-0.1, -0.05) is 64.7 Å². The molecule has 0 aliphatic heterocycles. The third-order valence-corrected chi connectivity index (χ3v) is 3.66. The highest BCUT2D eigenvalue weighted by Gasteiger charge is 1.99. The van der Waals surface area contributed by atoms with Gasteiger partial charge in [0.25, 0.3) is 0 Å². The molecule has 19 heavy (non-hydrogen) atoms. The Morgan fingerprint density at radius 2 is 1.32 bits per heavy atom. The quantitative estimate of drug-likeness (QED) is 0.282. The van der Waals surface area contributed by atoms with Crippen LogP contribution in [0.15, 0.2) is 0 Å². The summed E-state index contributed by atoms with van der Waals surface area (Å²) in [6.07, 6.45) is 14.6. The van der Waals surface area contributed by atoms with Crippen molar-refractivity contribution in [2.45, 2.75) is 77.6 Å². The Kier molecular flexibility index (Phi) is 13.4. The molecule has 0 radical (unpaired) electrons. The van der Waals surface area contributed by atoms with Crippen LogP contribution in [-0.4, -0.2) is 30.9 Å². The van der Waals surface area contributed by atoms with Crippen molar-refractivity contribution in [1.29, 1.82) is 5.41 Å². The van der Waals surface area contributed by atoms with Crippen molar-refractivity contribution < 1.29 is 0 Å². The van der Waals surface area contributed by atoms with E-state index in [4.69, 9.17) is 11.1 Å². The van der Waals surface area contributed by atoms with Crippen LogP contribution >= 0.6 is 0 Å². The summed E-state index contributed by atoms with van der Waals surface area (Å²) in [5.41, 5.74) is 5.35. The Bertz CT molecular complexity index is 204. The van der Waals surface area contributed by atoms with Gasteiger partial charge in [-0.3, -0.25) is 5.41 Å². The van der Waals surface area contributed by atoms with E-state index in [1.165, 1.54) is 64.2 Å². The molecule has 0 spiro atoms. The number of hydrogen-bond donors (Lipinski definition) is 2. The fraction of sp³-hybridized carbons (Fsp3) is 0.938. The minimum Gasteiger partial charge on any atom is -0.388 e. The predicted molar refractivity (Wildman–Crippen MR) is 85.9 cm³/mol. The summed E-state index contributed by atoms with van der Waals surface area (Å²) >= 11 is 0. The van der Waals surface area contributed by atoms with Crippen molar-refractivity contribution in [2.75, 3.05) is 20.1 Å². The minimum absolute atomic E-state index is 0.301. The summed E-state index contributed by atoms with van der Waals surface area (Å²) in [6.45, 7) is 4.34. The van der Waals surface area contributed by atoms with Crippen LogP contribution in [0.5, 0.6) is 0 Å². The number of nitrogens with two attached hydrogens (primary N) is 1. The zero-order valence-electron chi connectivity index (χ0n) is 13.2. The second-order valence-corrected chi connectivity index (χ2v) is 5.76. The molecule has 3 nitrogen and oxygen atoms in total. The SMILES string of the molecule is CCCCCCCCCCCCN(C)CCC(=N)N. The van der Waals surface area contributed by atoms with Crippen LogP contribution in [0.4, 0.5) is 0 Å². The second kappa shape index (κ2) is 13.9. The maximum absolute atomic E-state index is 7.19. The van der Waals surface area contributed by atoms with Gasteiger partial charge in [0.05, 0.1) is 5.84 Å². The Hall–Kier alpha value is -0.570. The molecule has 3 N–H and O–H groups in total. The smallest absolute Gasteiger partial charge is 0.0918 e. The highest BCUT2D eigenvalue weighted by molar-refractivity contribution is 5.76. The van der Waals surface area contributed by atoms with Crippen LogP contribution in [0.1, 0.15) is 77.6 Å². The van der Waals surface area contributed by atoms with Gasteiger partial charge in [-0.2, -0.15) is 0 Å². The average Bonchev–Trinajstić information content (AvgIpc) is 2.38. The Balaban J connectivity index is 3.11. The van der Waals surface area contributed by atoms with Crippen molar-refractivity contribution in [3.63, 3.8) is 0 Å². The van der Waals surface area contributed by atoms with E-state index in [-0.39, 0.29) is 0 Å². The summed E-state index contributed by atoms with van der Waals surface area (Å²) < 4.78 is 0. The summed E-state index contributed by atoms with van der Waals surface area (Å²) in [6, 6.07) is 0. The van der Waals surface area contributed by atoms with Crippen molar-refractivity contribution in [2.24, 2.45) is 5.73 Å². The molecule has 0 amide bonds. The van der Waals surface area contributed by atoms with E-state index in [9.17, 15) is 0 Å². The van der Waals surface area contributed by atoms with Gasteiger partial charge in [-0.15, -0.1) is 0 Å². The van der Waals surface area contributed by atoms with Crippen molar-refractivity contribution in [1.82, 2.24) is 4.90 Å². The number of nitrogens with zero attached hydrogens (tertiary/aromatic N) is 1. The molecule has 0 bridgehead atoms. The standard InChI is InChI=1S/C16H35N3/c1-3-4-5-6-7-8-9-10-11-12-14-19(2)15-13-16(17)18/h3-15H2,1-2H3,(H3,17,18). The highest BCUT2D eigenvalue weighted by atomic mass is 15.1. The molecule has 0 fully saturated rings. The van der Waals surface area contributed by atoms with E-state index in [1.54, 1.807) is 0 Å². The van der Waals surface area contributed by atoms with E-state index < -0.39 is 0 Å². The van der Waals surface area contributed by atoms with Crippen LogP contribution in [-0.2, 0) is 0 Å². The molecular formula is C16H35N3. The Morgan fingerprint density at radius 1 is 0.842 bits per heavy atom. The number of hydrogen-bond acceptors (Lipinski definition) is 2. The number of rotatable bonds is 14. The maximum atomic E-state index is 7.19. The molecule has 0 saturated carbocycles.